The van der Waals surface area contributed by atoms with Gasteiger partial charge in [0, 0.05) is 29.7 Å². The Morgan fingerprint density at radius 3 is 2.70 bits per heavy atom. The van der Waals surface area contributed by atoms with Gasteiger partial charge in [0.25, 0.3) is 0 Å². The molecule has 4 nitrogen and oxygen atoms in total. The summed E-state index contributed by atoms with van der Waals surface area (Å²) in [7, 11) is 0. The molecule has 2 rings (SSSR count). The predicted octanol–water partition coefficient (Wildman–Crippen LogP) is 3.57. The summed E-state index contributed by atoms with van der Waals surface area (Å²) in [6, 6.07) is 8.71. The predicted molar refractivity (Wildman–Crippen MR) is 80.2 cm³/mol. The molecule has 2 aromatic rings. The Bertz CT molecular complexity index is 669. The van der Waals surface area contributed by atoms with Gasteiger partial charge in [-0.15, -0.1) is 0 Å². The molecule has 1 N–H and O–H groups in total. The van der Waals surface area contributed by atoms with E-state index in [2.05, 4.69) is 36.4 Å². The van der Waals surface area contributed by atoms with Crippen molar-refractivity contribution >= 4 is 17.9 Å². The molecule has 1 aromatic carbocycles. The number of hydrogen-bond acceptors (Lipinski definition) is 2. The lowest BCUT2D eigenvalue weighted by Crippen LogP contribution is -1.99. The first-order chi connectivity index (χ1) is 9.52. The molecule has 0 spiro atoms. The highest BCUT2D eigenvalue weighted by Crippen LogP contribution is 2.17. The lowest BCUT2D eigenvalue weighted by molar-refractivity contribution is 0.0697. The third kappa shape index (κ3) is 2.79. The Balaban J connectivity index is 2.30. The van der Waals surface area contributed by atoms with Gasteiger partial charge in [0.1, 0.15) is 0 Å². The van der Waals surface area contributed by atoms with E-state index in [9.17, 15) is 4.79 Å². The van der Waals surface area contributed by atoms with Crippen LogP contribution < -0.4 is 0 Å². The minimum absolute atomic E-state index is 0.249. The monoisotopic (exact) mass is 270 g/mol. The highest BCUT2D eigenvalue weighted by molar-refractivity contribution is 5.89. The molecule has 0 radical (unpaired) electrons. The lowest BCUT2D eigenvalue weighted by atomic mass is 10.2. The Morgan fingerprint density at radius 1 is 1.35 bits per heavy atom. The topological polar surface area (TPSA) is 54.6 Å². The molecule has 0 atom stereocenters. The molecule has 0 fully saturated rings. The number of benzene rings is 1. The van der Waals surface area contributed by atoms with Crippen molar-refractivity contribution in [3.05, 3.63) is 52.8 Å². The van der Waals surface area contributed by atoms with Crippen LogP contribution in [0.4, 0.5) is 5.69 Å². The SMILES string of the molecule is CCn1c(C)cc(C=Nc2cccc(C(=O)O)c2)c1C. The summed E-state index contributed by atoms with van der Waals surface area (Å²) >= 11 is 0. The summed E-state index contributed by atoms with van der Waals surface area (Å²) in [4.78, 5) is 15.3. The van der Waals surface area contributed by atoms with Crippen molar-refractivity contribution in [3.63, 3.8) is 0 Å². The molecule has 20 heavy (non-hydrogen) atoms. The molecule has 0 amide bonds. The average molecular weight is 270 g/mol. The third-order valence-electron chi connectivity index (χ3n) is 3.37. The number of nitrogens with zero attached hydrogens (tertiary/aromatic N) is 2. The van der Waals surface area contributed by atoms with Crippen molar-refractivity contribution in [1.29, 1.82) is 0 Å². The van der Waals surface area contributed by atoms with Crippen LogP contribution in [0.2, 0.25) is 0 Å². The molecule has 0 saturated heterocycles. The minimum Gasteiger partial charge on any atom is -0.478 e. The van der Waals surface area contributed by atoms with Gasteiger partial charge >= 0.3 is 5.97 Å². The Kier molecular flexibility index (Phi) is 4.03. The number of aromatic nitrogens is 1. The zero-order valence-corrected chi connectivity index (χ0v) is 11.9. The van der Waals surface area contributed by atoms with Crippen molar-refractivity contribution in [2.24, 2.45) is 4.99 Å². The van der Waals surface area contributed by atoms with E-state index in [0.29, 0.717) is 5.69 Å². The van der Waals surface area contributed by atoms with Crippen molar-refractivity contribution in [2.75, 3.05) is 0 Å². The van der Waals surface area contributed by atoms with E-state index in [4.69, 9.17) is 5.11 Å². The summed E-state index contributed by atoms with van der Waals surface area (Å²) < 4.78 is 2.22. The maximum atomic E-state index is 10.9. The fraction of sp³-hybridized carbons (Fsp3) is 0.250. The molecule has 1 aromatic heterocycles. The van der Waals surface area contributed by atoms with Crippen LogP contribution in [0.5, 0.6) is 0 Å². The summed E-state index contributed by atoms with van der Waals surface area (Å²) in [5.41, 5.74) is 4.32. The van der Waals surface area contributed by atoms with Crippen LogP contribution in [-0.4, -0.2) is 21.9 Å². The van der Waals surface area contributed by atoms with Crippen molar-refractivity contribution in [2.45, 2.75) is 27.3 Å². The summed E-state index contributed by atoms with van der Waals surface area (Å²) in [6.45, 7) is 7.17. The third-order valence-corrected chi connectivity index (χ3v) is 3.37. The van der Waals surface area contributed by atoms with E-state index in [-0.39, 0.29) is 5.56 Å². The highest BCUT2D eigenvalue weighted by atomic mass is 16.4. The van der Waals surface area contributed by atoms with Crippen LogP contribution in [0, 0.1) is 13.8 Å². The van der Waals surface area contributed by atoms with E-state index in [1.165, 1.54) is 11.4 Å². The second-order valence-electron chi connectivity index (χ2n) is 4.68. The van der Waals surface area contributed by atoms with Gasteiger partial charge in [-0.2, -0.15) is 0 Å². The summed E-state index contributed by atoms with van der Waals surface area (Å²) in [5, 5.41) is 8.96. The smallest absolute Gasteiger partial charge is 0.335 e. The second kappa shape index (κ2) is 5.74. The van der Waals surface area contributed by atoms with Crippen molar-refractivity contribution < 1.29 is 9.90 Å². The first kappa shape index (κ1) is 14.1. The van der Waals surface area contributed by atoms with Crippen LogP contribution in [0.1, 0.15) is 34.2 Å². The molecule has 104 valence electrons. The summed E-state index contributed by atoms with van der Waals surface area (Å²) in [6.07, 6.45) is 1.79. The molecule has 0 saturated carbocycles. The van der Waals surface area contributed by atoms with Crippen LogP contribution >= 0.6 is 0 Å². The maximum Gasteiger partial charge on any atom is 0.335 e. The standard InChI is InChI=1S/C16H18N2O2/c1-4-18-11(2)8-14(12(18)3)10-17-15-7-5-6-13(9-15)16(19)20/h5-10H,4H2,1-3H3,(H,19,20). The van der Waals surface area contributed by atoms with Crippen molar-refractivity contribution in [3.8, 4) is 0 Å². The van der Waals surface area contributed by atoms with Gasteiger partial charge < -0.3 is 9.67 Å². The number of carbonyl (C=O) groups is 1. The Morgan fingerprint density at radius 2 is 2.10 bits per heavy atom. The number of hydrogen-bond donors (Lipinski definition) is 1. The van der Waals surface area contributed by atoms with Crippen LogP contribution in [-0.2, 0) is 6.54 Å². The van der Waals surface area contributed by atoms with E-state index >= 15 is 0 Å². The number of aliphatic imine (C=N–C) groups is 1. The van der Waals surface area contributed by atoms with E-state index in [0.717, 1.165) is 12.1 Å². The van der Waals surface area contributed by atoms with E-state index in [1.807, 2.05) is 0 Å². The van der Waals surface area contributed by atoms with Gasteiger partial charge in [0.05, 0.1) is 11.3 Å². The fourth-order valence-corrected chi connectivity index (χ4v) is 2.31. The number of aryl methyl sites for hydroxylation is 1. The normalized spacial score (nSPS) is 11.2. The van der Waals surface area contributed by atoms with Crippen LogP contribution in [0.3, 0.4) is 0 Å². The van der Waals surface area contributed by atoms with E-state index < -0.39 is 5.97 Å². The zero-order chi connectivity index (χ0) is 14.7. The molecule has 4 heteroatoms. The number of carboxylic acids is 1. The van der Waals surface area contributed by atoms with Gasteiger partial charge in [0.2, 0.25) is 0 Å². The largest absolute Gasteiger partial charge is 0.478 e. The molecule has 0 aliphatic heterocycles. The molecule has 0 unspecified atom stereocenters. The van der Waals surface area contributed by atoms with Crippen LogP contribution in [0.25, 0.3) is 0 Å². The number of aromatic carboxylic acids is 1. The van der Waals surface area contributed by atoms with Gasteiger partial charge in [-0.1, -0.05) is 6.07 Å². The van der Waals surface area contributed by atoms with Gasteiger partial charge in [0.15, 0.2) is 0 Å². The minimum atomic E-state index is -0.939. The lowest BCUT2D eigenvalue weighted by Gasteiger charge is -2.04. The molecule has 0 aliphatic rings. The van der Waals surface area contributed by atoms with Crippen LogP contribution in [0.15, 0.2) is 35.3 Å². The molecule has 0 bridgehead atoms. The average Bonchev–Trinajstić information content (AvgIpc) is 2.71. The molecule has 1 heterocycles. The Hall–Kier alpha value is -2.36. The molecular formula is C16H18N2O2. The number of carboxylic acid groups (broad SMARTS) is 1. The fourth-order valence-electron chi connectivity index (χ4n) is 2.31. The van der Waals surface area contributed by atoms with E-state index in [1.54, 1.807) is 30.5 Å². The van der Waals surface area contributed by atoms with Gasteiger partial charge in [-0.05, 0) is 45.0 Å². The highest BCUT2D eigenvalue weighted by Gasteiger charge is 2.06. The summed E-state index contributed by atoms with van der Waals surface area (Å²) in [5.74, 6) is -0.939. The Labute approximate surface area is 118 Å². The maximum absolute atomic E-state index is 10.9. The first-order valence-corrected chi connectivity index (χ1v) is 6.57. The zero-order valence-electron chi connectivity index (χ0n) is 11.9. The molecular weight excluding hydrogens is 252 g/mol. The number of rotatable bonds is 4. The van der Waals surface area contributed by atoms with Gasteiger partial charge in [-0.25, -0.2) is 4.79 Å². The first-order valence-electron chi connectivity index (χ1n) is 6.57. The second-order valence-corrected chi connectivity index (χ2v) is 4.68. The van der Waals surface area contributed by atoms with Crippen molar-refractivity contribution in [1.82, 2.24) is 4.57 Å². The quantitative estimate of drug-likeness (QED) is 0.863. The molecule has 0 aliphatic carbocycles. The van der Waals surface area contributed by atoms with Gasteiger partial charge in [-0.3, -0.25) is 4.99 Å².